The minimum Gasteiger partial charge on any atom is -0.351 e. The zero-order valence-corrected chi connectivity index (χ0v) is 10.9. The quantitative estimate of drug-likeness (QED) is 0.733. The summed E-state index contributed by atoms with van der Waals surface area (Å²) in [6, 6.07) is 9.33. The van der Waals surface area contributed by atoms with Crippen molar-refractivity contribution in [3.05, 3.63) is 35.9 Å². The van der Waals surface area contributed by atoms with E-state index in [1.54, 1.807) is 0 Å². The van der Waals surface area contributed by atoms with Gasteiger partial charge in [0.25, 0.3) is 0 Å². The van der Waals surface area contributed by atoms with Crippen molar-refractivity contribution >= 4 is 15.7 Å². The van der Waals surface area contributed by atoms with Crippen LogP contribution in [0.5, 0.6) is 0 Å². The molecule has 1 rings (SSSR count). The summed E-state index contributed by atoms with van der Waals surface area (Å²) in [7, 11) is -3.34. The van der Waals surface area contributed by atoms with Gasteiger partial charge in [0.1, 0.15) is 5.75 Å². The lowest BCUT2D eigenvalue weighted by Gasteiger charge is -2.06. The fraction of sp³-hybridized carbons (Fsp3) is 0.417. The van der Waals surface area contributed by atoms with Gasteiger partial charge in [0.15, 0.2) is 9.84 Å². The first-order valence-electron chi connectivity index (χ1n) is 5.74. The van der Waals surface area contributed by atoms with Gasteiger partial charge in [-0.2, -0.15) is 0 Å². The van der Waals surface area contributed by atoms with E-state index in [1.165, 1.54) is 0 Å². The van der Waals surface area contributed by atoms with Crippen LogP contribution in [-0.4, -0.2) is 32.4 Å². The Hall–Kier alpha value is -1.40. The van der Waals surface area contributed by atoms with Crippen molar-refractivity contribution in [2.75, 3.05) is 18.1 Å². The molecule has 0 saturated carbocycles. The number of hydrogen-bond donors (Lipinski definition) is 2. The zero-order chi connectivity index (χ0) is 13.4. The topological polar surface area (TPSA) is 89.3 Å². The van der Waals surface area contributed by atoms with Gasteiger partial charge in [-0.25, -0.2) is 8.42 Å². The van der Waals surface area contributed by atoms with Crippen LogP contribution in [0.4, 0.5) is 0 Å². The van der Waals surface area contributed by atoms with Gasteiger partial charge in [-0.15, -0.1) is 0 Å². The minimum absolute atomic E-state index is 0.0394. The molecule has 0 unspecified atom stereocenters. The third-order valence-corrected chi connectivity index (χ3v) is 3.96. The molecule has 0 heterocycles. The molecule has 6 heteroatoms. The fourth-order valence-electron chi connectivity index (χ4n) is 1.42. The SMILES string of the molecule is NCCCS(=O)(=O)CC(=O)NCc1ccccc1. The molecule has 0 fully saturated rings. The first-order valence-corrected chi connectivity index (χ1v) is 7.57. The molecule has 0 spiro atoms. The second-order valence-electron chi connectivity index (χ2n) is 4.00. The second-order valence-corrected chi connectivity index (χ2v) is 6.18. The predicted molar refractivity (Wildman–Crippen MR) is 70.6 cm³/mol. The summed E-state index contributed by atoms with van der Waals surface area (Å²) in [6.07, 6.45) is 0.383. The number of benzene rings is 1. The van der Waals surface area contributed by atoms with E-state index in [4.69, 9.17) is 5.73 Å². The van der Waals surface area contributed by atoms with Crippen molar-refractivity contribution < 1.29 is 13.2 Å². The molecule has 0 saturated heterocycles. The van der Waals surface area contributed by atoms with Gasteiger partial charge in [0.05, 0.1) is 5.75 Å². The summed E-state index contributed by atoms with van der Waals surface area (Å²) in [5.74, 6) is -0.988. The molecule has 3 N–H and O–H groups in total. The highest BCUT2D eigenvalue weighted by molar-refractivity contribution is 7.92. The number of rotatable bonds is 7. The number of nitrogens with one attached hydrogen (secondary N) is 1. The van der Waals surface area contributed by atoms with Gasteiger partial charge in [-0.05, 0) is 18.5 Å². The molecule has 0 aliphatic heterocycles. The van der Waals surface area contributed by atoms with Crippen molar-refractivity contribution in [1.29, 1.82) is 0 Å². The van der Waals surface area contributed by atoms with E-state index in [9.17, 15) is 13.2 Å². The van der Waals surface area contributed by atoms with Gasteiger partial charge in [-0.3, -0.25) is 4.79 Å². The van der Waals surface area contributed by atoms with Gasteiger partial charge in [0, 0.05) is 6.54 Å². The molecule has 1 aromatic carbocycles. The van der Waals surface area contributed by atoms with Crippen LogP contribution in [0, 0.1) is 0 Å². The van der Waals surface area contributed by atoms with Crippen molar-refractivity contribution in [3.8, 4) is 0 Å². The van der Waals surface area contributed by atoms with E-state index in [0.717, 1.165) is 5.56 Å². The van der Waals surface area contributed by atoms with Gasteiger partial charge in [-0.1, -0.05) is 30.3 Å². The Bertz CT molecular complexity index is 471. The Balaban J connectivity index is 2.38. The van der Waals surface area contributed by atoms with Crippen LogP contribution >= 0.6 is 0 Å². The monoisotopic (exact) mass is 270 g/mol. The van der Waals surface area contributed by atoms with E-state index in [2.05, 4.69) is 5.32 Å². The van der Waals surface area contributed by atoms with E-state index in [-0.39, 0.29) is 5.75 Å². The largest absolute Gasteiger partial charge is 0.351 e. The van der Waals surface area contributed by atoms with Gasteiger partial charge in [0.2, 0.25) is 5.91 Å². The summed E-state index contributed by atoms with van der Waals surface area (Å²) in [5.41, 5.74) is 6.17. The molecule has 0 aliphatic carbocycles. The molecular weight excluding hydrogens is 252 g/mol. The number of amides is 1. The van der Waals surface area contributed by atoms with E-state index in [1.807, 2.05) is 30.3 Å². The van der Waals surface area contributed by atoms with Crippen LogP contribution in [0.3, 0.4) is 0 Å². The molecule has 0 aliphatic rings. The van der Waals surface area contributed by atoms with Gasteiger partial charge < -0.3 is 11.1 Å². The highest BCUT2D eigenvalue weighted by Crippen LogP contribution is 1.98. The summed E-state index contributed by atoms with van der Waals surface area (Å²) < 4.78 is 23.0. The summed E-state index contributed by atoms with van der Waals surface area (Å²) in [4.78, 5) is 11.5. The van der Waals surface area contributed by atoms with Gasteiger partial charge >= 0.3 is 0 Å². The second kappa shape index (κ2) is 7.13. The molecule has 100 valence electrons. The maximum Gasteiger partial charge on any atom is 0.235 e. The average Bonchev–Trinajstić information content (AvgIpc) is 2.35. The maximum absolute atomic E-state index is 11.5. The van der Waals surface area contributed by atoms with E-state index in [0.29, 0.717) is 19.5 Å². The number of hydrogen-bond acceptors (Lipinski definition) is 4. The third kappa shape index (κ3) is 5.79. The molecule has 0 bridgehead atoms. The Morgan fingerprint density at radius 3 is 2.50 bits per heavy atom. The smallest absolute Gasteiger partial charge is 0.235 e. The Morgan fingerprint density at radius 2 is 1.89 bits per heavy atom. The van der Waals surface area contributed by atoms with Crippen LogP contribution in [0.25, 0.3) is 0 Å². The van der Waals surface area contributed by atoms with Crippen LogP contribution < -0.4 is 11.1 Å². The molecule has 1 aromatic rings. The first kappa shape index (κ1) is 14.7. The Morgan fingerprint density at radius 1 is 1.22 bits per heavy atom. The molecule has 0 aromatic heterocycles. The van der Waals surface area contributed by atoms with Crippen LogP contribution in [0.1, 0.15) is 12.0 Å². The summed E-state index contributed by atoms with van der Waals surface area (Å²) in [6.45, 7) is 0.650. The summed E-state index contributed by atoms with van der Waals surface area (Å²) >= 11 is 0. The van der Waals surface area contributed by atoms with Crippen molar-refractivity contribution in [2.45, 2.75) is 13.0 Å². The lowest BCUT2D eigenvalue weighted by atomic mass is 10.2. The van der Waals surface area contributed by atoms with Crippen LogP contribution in [0.15, 0.2) is 30.3 Å². The molecule has 18 heavy (non-hydrogen) atoms. The Kier molecular flexibility index (Phi) is 5.80. The Labute approximate surface area is 107 Å². The normalized spacial score (nSPS) is 11.2. The predicted octanol–water partition coefficient (Wildman–Crippen LogP) is 0.0664. The average molecular weight is 270 g/mol. The maximum atomic E-state index is 11.5. The van der Waals surface area contributed by atoms with E-state index < -0.39 is 21.5 Å². The highest BCUT2D eigenvalue weighted by Gasteiger charge is 2.15. The lowest BCUT2D eigenvalue weighted by Crippen LogP contribution is -2.31. The molecule has 5 nitrogen and oxygen atoms in total. The first-order chi connectivity index (χ1) is 8.53. The van der Waals surface area contributed by atoms with E-state index >= 15 is 0 Å². The number of nitrogens with two attached hydrogens (primary N) is 1. The van der Waals surface area contributed by atoms with Crippen molar-refractivity contribution in [3.63, 3.8) is 0 Å². The number of sulfone groups is 1. The zero-order valence-electron chi connectivity index (χ0n) is 10.1. The molecular formula is C12H18N2O3S. The van der Waals surface area contributed by atoms with Crippen molar-refractivity contribution in [1.82, 2.24) is 5.32 Å². The molecule has 0 radical (unpaired) electrons. The number of carbonyl (C=O) groups is 1. The molecule has 1 amide bonds. The summed E-state index contributed by atoms with van der Waals surface area (Å²) in [5, 5.41) is 2.58. The third-order valence-electron chi connectivity index (χ3n) is 2.34. The lowest BCUT2D eigenvalue weighted by molar-refractivity contribution is -0.118. The highest BCUT2D eigenvalue weighted by atomic mass is 32.2. The van der Waals surface area contributed by atoms with Crippen molar-refractivity contribution in [2.24, 2.45) is 5.73 Å². The van der Waals surface area contributed by atoms with Crippen LogP contribution in [0.2, 0.25) is 0 Å². The molecule has 0 atom stereocenters. The van der Waals surface area contributed by atoms with Crippen LogP contribution in [-0.2, 0) is 21.2 Å². The number of carbonyl (C=O) groups excluding carboxylic acids is 1. The fourth-order valence-corrected chi connectivity index (χ4v) is 2.68. The minimum atomic E-state index is -3.34. The standard InChI is InChI=1S/C12H18N2O3S/c13-7-4-8-18(16,17)10-12(15)14-9-11-5-2-1-3-6-11/h1-3,5-6H,4,7-10,13H2,(H,14,15).